The summed E-state index contributed by atoms with van der Waals surface area (Å²) in [6, 6.07) is 1.43. The Kier molecular flexibility index (Phi) is 4.52. The molecule has 3 heterocycles. The Bertz CT molecular complexity index is 461. The highest BCUT2D eigenvalue weighted by molar-refractivity contribution is 5.09. The van der Waals surface area contributed by atoms with Crippen LogP contribution in [0, 0.1) is 6.92 Å². The first-order chi connectivity index (χ1) is 10.1. The van der Waals surface area contributed by atoms with Crippen molar-refractivity contribution in [1.82, 2.24) is 24.7 Å². The minimum absolute atomic E-state index is 0.685. The van der Waals surface area contributed by atoms with Crippen LogP contribution in [0.3, 0.4) is 0 Å². The molecule has 3 rings (SSSR count). The highest BCUT2D eigenvalue weighted by Crippen LogP contribution is 2.20. The molecule has 5 heteroatoms. The first kappa shape index (κ1) is 14.9. The van der Waals surface area contributed by atoms with Crippen molar-refractivity contribution in [3.8, 4) is 0 Å². The molecule has 21 heavy (non-hydrogen) atoms. The van der Waals surface area contributed by atoms with E-state index in [0.29, 0.717) is 6.04 Å². The van der Waals surface area contributed by atoms with Crippen molar-refractivity contribution in [1.29, 1.82) is 0 Å². The highest BCUT2D eigenvalue weighted by Gasteiger charge is 2.33. The molecular weight excluding hydrogens is 262 g/mol. The van der Waals surface area contributed by atoms with Crippen molar-refractivity contribution in [2.24, 2.45) is 0 Å². The normalized spacial score (nSPS) is 22.7. The third kappa shape index (κ3) is 3.42. The van der Waals surface area contributed by atoms with Crippen LogP contribution < -0.4 is 0 Å². The number of piperazine rings is 1. The molecule has 0 radical (unpaired) electrons. The molecule has 1 aromatic heterocycles. The Hall–Kier alpha value is -1.04. The largest absolute Gasteiger partial charge is 0.298 e. The van der Waals surface area contributed by atoms with E-state index in [1.165, 1.54) is 39.3 Å². The molecule has 0 bridgehead atoms. The van der Waals surface area contributed by atoms with Crippen LogP contribution in [-0.2, 0) is 6.54 Å². The van der Waals surface area contributed by atoms with Crippen molar-refractivity contribution < 1.29 is 0 Å². The monoisotopic (exact) mass is 289 g/mol. The van der Waals surface area contributed by atoms with Crippen molar-refractivity contribution >= 4 is 0 Å². The number of nitrogens with zero attached hydrogens (tertiary/aromatic N) is 5. The van der Waals surface area contributed by atoms with Gasteiger partial charge in [0.25, 0.3) is 0 Å². The van der Waals surface area contributed by atoms with E-state index < -0.39 is 0 Å². The van der Waals surface area contributed by atoms with Gasteiger partial charge in [-0.1, -0.05) is 0 Å². The van der Waals surface area contributed by atoms with Crippen molar-refractivity contribution in [3.63, 3.8) is 0 Å². The van der Waals surface area contributed by atoms with Gasteiger partial charge in [0.1, 0.15) is 0 Å². The average Bonchev–Trinajstić information content (AvgIpc) is 2.44. The van der Waals surface area contributed by atoms with E-state index in [1.807, 2.05) is 6.92 Å². The maximum atomic E-state index is 4.44. The van der Waals surface area contributed by atoms with Crippen LogP contribution in [-0.4, -0.2) is 76.0 Å². The summed E-state index contributed by atoms with van der Waals surface area (Å²) in [5.74, 6) is 0. The lowest BCUT2D eigenvalue weighted by molar-refractivity contribution is -0.00473. The third-order valence-corrected chi connectivity index (χ3v) is 4.89. The molecule has 2 saturated heterocycles. The molecule has 2 aliphatic heterocycles. The van der Waals surface area contributed by atoms with Gasteiger partial charge in [-0.15, -0.1) is 0 Å². The molecule has 0 aromatic carbocycles. The Morgan fingerprint density at radius 2 is 1.76 bits per heavy atom. The van der Waals surface area contributed by atoms with Crippen LogP contribution in [0.1, 0.15) is 25.2 Å². The molecule has 5 nitrogen and oxygen atoms in total. The van der Waals surface area contributed by atoms with Crippen molar-refractivity contribution in [3.05, 3.63) is 23.8 Å². The molecule has 0 spiro atoms. The molecule has 116 valence electrons. The first-order valence-electron chi connectivity index (χ1n) is 8.10. The minimum Gasteiger partial charge on any atom is -0.298 e. The zero-order valence-electron chi connectivity index (χ0n) is 13.5. The van der Waals surface area contributed by atoms with Gasteiger partial charge in [-0.3, -0.25) is 24.7 Å². The smallest absolute Gasteiger partial charge is 0.0756 e. The summed E-state index contributed by atoms with van der Waals surface area (Å²) in [5.41, 5.74) is 2.19. The zero-order chi connectivity index (χ0) is 14.8. The summed E-state index contributed by atoms with van der Waals surface area (Å²) < 4.78 is 0. The van der Waals surface area contributed by atoms with Gasteiger partial charge < -0.3 is 0 Å². The van der Waals surface area contributed by atoms with E-state index in [9.17, 15) is 0 Å². The number of rotatable bonds is 4. The second-order valence-corrected chi connectivity index (χ2v) is 6.60. The van der Waals surface area contributed by atoms with E-state index >= 15 is 0 Å². The molecule has 0 aliphatic carbocycles. The predicted octanol–water partition coefficient (Wildman–Crippen LogP) is 0.995. The zero-order valence-corrected chi connectivity index (χ0v) is 13.5. The topological polar surface area (TPSA) is 35.5 Å². The Labute approximate surface area is 128 Å². The fourth-order valence-electron chi connectivity index (χ4n) is 3.33. The SMILES string of the molecule is Cc1nccnc1CN1CC(N2CCN(C(C)C)CC2)C1. The minimum atomic E-state index is 0.685. The number of hydrogen-bond acceptors (Lipinski definition) is 5. The maximum absolute atomic E-state index is 4.44. The summed E-state index contributed by atoms with van der Waals surface area (Å²) in [4.78, 5) is 16.5. The Balaban J connectivity index is 1.43. The molecule has 0 atom stereocenters. The van der Waals surface area contributed by atoms with E-state index in [-0.39, 0.29) is 0 Å². The number of aryl methyl sites for hydroxylation is 1. The average molecular weight is 289 g/mol. The second kappa shape index (κ2) is 6.38. The molecule has 2 fully saturated rings. The predicted molar refractivity (Wildman–Crippen MR) is 84.1 cm³/mol. The molecule has 2 aliphatic rings. The summed E-state index contributed by atoms with van der Waals surface area (Å²) in [5, 5.41) is 0. The van der Waals surface area contributed by atoms with Crippen LogP contribution in [0.25, 0.3) is 0 Å². The van der Waals surface area contributed by atoms with Gasteiger partial charge >= 0.3 is 0 Å². The van der Waals surface area contributed by atoms with Crippen molar-refractivity contribution in [2.45, 2.75) is 39.4 Å². The van der Waals surface area contributed by atoms with Crippen LogP contribution >= 0.6 is 0 Å². The van der Waals surface area contributed by atoms with Gasteiger partial charge in [0.2, 0.25) is 0 Å². The highest BCUT2D eigenvalue weighted by atomic mass is 15.4. The lowest BCUT2D eigenvalue weighted by Gasteiger charge is -2.48. The maximum Gasteiger partial charge on any atom is 0.0756 e. The van der Waals surface area contributed by atoms with Crippen molar-refractivity contribution in [2.75, 3.05) is 39.3 Å². The van der Waals surface area contributed by atoms with Crippen LogP contribution in [0.2, 0.25) is 0 Å². The third-order valence-electron chi connectivity index (χ3n) is 4.89. The molecular formula is C16H27N5. The van der Waals surface area contributed by atoms with Crippen LogP contribution in [0.15, 0.2) is 12.4 Å². The quantitative estimate of drug-likeness (QED) is 0.826. The molecule has 0 unspecified atom stereocenters. The van der Waals surface area contributed by atoms with Gasteiger partial charge in [-0.05, 0) is 20.8 Å². The van der Waals surface area contributed by atoms with E-state index in [0.717, 1.165) is 24.0 Å². The first-order valence-corrected chi connectivity index (χ1v) is 8.10. The van der Waals surface area contributed by atoms with Crippen LogP contribution in [0.5, 0.6) is 0 Å². The van der Waals surface area contributed by atoms with E-state index in [1.54, 1.807) is 12.4 Å². The van der Waals surface area contributed by atoms with Gasteiger partial charge in [0.15, 0.2) is 0 Å². The molecule has 0 N–H and O–H groups in total. The van der Waals surface area contributed by atoms with Gasteiger partial charge in [-0.25, -0.2) is 0 Å². The lowest BCUT2D eigenvalue weighted by Crippen LogP contribution is -2.63. The van der Waals surface area contributed by atoms with E-state index in [4.69, 9.17) is 0 Å². The van der Waals surface area contributed by atoms with Crippen LogP contribution in [0.4, 0.5) is 0 Å². The molecule has 1 aromatic rings. The summed E-state index contributed by atoms with van der Waals surface area (Å²) in [6.45, 7) is 14.8. The second-order valence-electron chi connectivity index (χ2n) is 6.60. The summed E-state index contributed by atoms with van der Waals surface area (Å²) >= 11 is 0. The van der Waals surface area contributed by atoms with E-state index in [2.05, 4.69) is 38.5 Å². The van der Waals surface area contributed by atoms with Gasteiger partial charge in [-0.2, -0.15) is 0 Å². The van der Waals surface area contributed by atoms with Gasteiger partial charge in [0.05, 0.1) is 11.4 Å². The summed E-state index contributed by atoms with van der Waals surface area (Å²) in [7, 11) is 0. The molecule has 0 amide bonds. The Morgan fingerprint density at radius 3 is 2.38 bits per heavy atom. The summed E-state index contributed by atoms with van der Waals surface area (Å²) in [6.07, 6.45) is 3.57. The Morgan fingerprint density at radius 1 is 1.10 bits per heavy atom. The number of likely N-dealkylation sites (tertiary alicyclic amines) is 1. The standard InChI is InChI=1S/C16H27N5/c1-13(2)20-6-8-21(9-7-20)15-10-19(11-15)12-16-14(3)17-4-5-18-16/h4-5,13,15H,6-12H2,1-3H3. The number of aromatic nitrogens is 2. The molecule has 0 saturated carbocycles. The fraction of sp³-hybridized carbons (Fsp3) is 0.750. The lowest BCUT2D eigenvalue weighted by atomic mass is 10.0. The fourth-order valence-corrected chi connectivity index (χ4v) is 3.33. The number of hydrogen-bond donors (Lipinski definition) is 0. The van der Waals surface area contributed by atoms with Gasteiger partial charge in [0, 0.05) is 70.3 Å².